The lowest BCUT2D eigenvalue weighted by Gasteiger charge is -2.05. The van der Waals surface area contributed by atoms with Crippen molar-refractivity contribution >= 4 is 23.0 Å². The number of hydrogen-bond acceptors (Lipinski definition) is 3. The molecule has 0 atom stereocenters. The number of halogens is 3. The number of carbonyl (C=O) groups is 1. The highest BCUT2D eigenvalue weighted by molar-refractivity contribution is 8.13. The largest absolute Gasteiger partial charge is 0.433 e. The third kappa shape index (κ3) is 5.04. The molecule has 0 amide bonds. The van der Waals surface area contributed by atoms with Crippen LogP contribution in [0.15, 0.2) is 24.3 Å². The van der Waals surface area contributed by atoms with E-state index < -0.39 is 11.9 Å². The van der Waals surface area contributed by atoms with Gasteiger partial charge in [-0.2, -0.15) is 13.2 Å². The lowest BCUT2D eigenvalue weighted by Crippen LogP contribution is -2.07. The normalized spacial score (nSPS) is 12.0. The summed E-state index contributed by atoms with van der Waals surface area (Å²) in [5.74, 6) is 0.424. The molecule has 0 unspecified atom stereocenters. The number of alkyl halides is 3. The van der Waals surface area contributed by atoms with Crippen LogP contribution in [-0.4, -0.2) is 15.9 Å². The molecule has 1 aromatic heterocycles. The highest BCUT2D eigenvalue weighted by atomic mass is 32.2. The van der Waals surface area contributed by atoms with Crippen LogP contribution in [0.5, 0.6) is 0 Å². The molecule has 0 aliphatic carbocycles. The average molecular weight is 261 g/mol. The Morgan fingerprint density at radius 3 is 2.76 bits per heavy atom. The summed E-state index contributed by atoms with van der Waals surface area (Å²) in [4.78, 5) is 14.1. The van der Waals surface area contributed by atoms with E-state index in [1.165, 1.54) is 25.1 Å². The number of aromatic nitrogens is 1. The minimum Gasteiger partial charge on any atom is -0.288 e. The number of thioether (sulfide) groups is 1. The van der Waals surface area contributed by atoms with Crippen LogP contribution in [0.2, 0.25) is 0 Å². The van der Waals surface area contributed by atoms with Gasteiger partial charge in [-0.25, -0.2) is 4.98 Å². The van der Waals surface area contributed by atoms with Crippen molar-refractivity contribution in [1.29, 1.82) is 0 Å². The molecule has 0 aliphatic heterocycles. The molecular formula is C11H10F3NOS. The molecule has 6 heteroatoms. The zero-order valence-electron chi connectivity index (χ0n) is 8.99. The van der Waals surface area contributed by atoms with E-state index in [1.54, 1.807) is 6.08 Å². The Hall–Kier alpha value is -1.30. The predicted molar refractivity (Wildman–Crippen MR) is 61.4 cm³/mol. The second-order valence-corrected chi connectivity index (χ2v) is 4.35. The van der Waals surface area contributed by atoms with Crippen LogP contribution < -0.4 is 0 Å². The molecule has 0 saturated carbocycles. The standard InChI is InChI=1S/C11H10F3NOS/c1-8(16)17-7-3-5-9-4-2-6-10(15-9)11(12,13)14/h2-6H,7H2,1H3. The molecule has 0 aliphatic rings. The maximum absolute atomic E-state index is 12.3. The summed E-state index contributed by atoms with van der Waals surface area (Å²) in [5.41, 5.74) is -0.692. The van der Waals surface area contributed by atoms with Gasteiger partial charge in [-0.1, -0.05) is 23.9 Å². The van der Waals surface area contributed by atoms with E-state index in [-0.39, 0.29) is 10.8 Å². The average Bonchev–Trinajstić information content (AvgIpc) is 2.23. The van der Waals surface area contributed by atoms with Crippen molar-refractivity contribution in [3.05, 3.63) is 35.7 Å². The third-order valence-electron chi connectivity index (χ3n) is 1.73. The number of hydrogen-bond donors (Lipinski definition) is 0. The Bertz CT molecular complexity index is 429. The SMILES string of the molecule is CC(=O)SCC=Cc1cccc(C(F)(F)F)n1. The zero-order valence-corrected chi connectivity index (χ0v) is 9.81. The van der Waals surface area contributed by atoms with Gasteiger partial charge in [-0.15, -0.1) is 0 Å². The Morgan fingerprint density at radius 2 is 2.18 bits per heavy atom. The first-order valence-electron chi connectivity index (χ1n) is 4.74. The van der Waals surface area contributed by atoms with Crippen LogP contribution in [-0.2, 0) is 11.0 Å². The summed E-state index contributed by atoms with van der Waals surface area (Å²) in [6.45, 7) is 1.43. The molecule has 2 nitrogen and oxygen atoms in total. The van der Waals surface area contributed by atoms with Gasteiger partial charge in [0, 0.05) is 12.7 Å². The number of pyridine rings is 1. The van der Waals surface area contributed by atoms with E-state index in [2.05, 4.69) is 4.98 Å². The Labute approximate surface area is 101 Å². The van der Waals surface area contributed by atoms with Crippen molar-refractivity contribution in [3.8, 4) is 0 Å². The monoisotopic (exact) mass is 261 g/mol. The van der Waals surface area contributed by atoms with Gasteiger partial charge in [0.25, 0.3) is 0 Å². The fraction of sp³-hybridized carbons (Fsp3) is 0.273. The maximum atomic E-state index is 12.3. The van der Waals surface area contributed by atoms with Crippen molar-refractivity contribution in [2.75, 3.05) is 5.75 Å². The summed E-state index contributed by atoms with van der Waals surface area (Å²) in [5, 5.41) is -0.0355. The van der Waals surface area contributed by atoms with E-state index in [9.17, 15) is 18.0 Å². The summed E-state index contributed by atoms with van der Waals surface area (Å²) < 4.78 is 37.0. The fourth-order valence-corrected chi connectivity index (χ4v) is 1.46. The van der Waals surface area contributed by atoms with Crippen LogP contribution in [0.3, 0.4) is 0 Å². The highest BCUT2D eigenvalue weighted by Gasteiger charge is 2.32. The molecule has 0 radical (unpaired) electrons. The Morgan fingerprint density at radius 1 is 1.47 bits per heavy atom. The molecule has 0 saturated heterocycles. The van der Waals surface area contributed by atoms with Crippen LogP contribution in [0.4, 0.5) is 13.2 Å². The van der Waals surface area contributed by atoms with Crippen molar-refractivity contribution in [2.24, 2.45) is 0 Å². The van der Waals surface area contributed by atoms with Crippen LogP contribution in [0, 0.1) is 0 Å². The molecule has 92 valence electrons. The van der Waals surface area contributed by atoms with Crippen molar-refractivity contribution in [2.45, 2.75) is 13.1 Å². The first kappa shape index (κ1) is 13.8. The smallest absolute Gasteiger partial charge is 0.288 e. The van der Waals surface area contributed by atoms with Gasteiger partial charge in [-0.05, 0) is 18.2 Å². The lowest BCUT2D eigenvalue weighted by molar-refractivity contribution is -0.141. The minimum atomic E-state index is -4.43. The van der Waals surface area contributed by atoms with Crippen molar-refractivity contribution < 1.29 is 18.0 Å². The van der Waals surface area contributed by atoms with Crippen LogP contribution in [0.1, 0.15) is 18.3 Å². The minimum absolute atomic E-state index is 0.0355. The number of rotatable bonds is 3. The molecule has 1 heterocycles. The highest BCUT2D eigenvalue weighted by Crippen LogP contribution is 2.27. The van der Waals surface area contributed by atoms with Gasteiger partial charge >= 0.3 is 6.18 Å². The van der Waals surface area contributed by atoms with Gasteiger partial charge in [0.1, 0.15) is 5.69 Å². The summed E-state index contributed by atoms with van der Waals surface area (Å²) >= 11 is 1.08. The van der Waals surface area contributed by atoms with Gasteiger partial charge in [-0.3, -0.25) is 4.79 Å². The quantitative estimate of drug-likeness (QED) is 0.835. The molecule has 1 aromatic rings. The summed E-state index contributed by atoms with van der Waals surface area (Å²) in [7, 11) is 0. The van der Waals surface area contributed by atoms with Gasteiger partial charge in [0.05, 0.1) is 5.69 Å². The van der Waals surface area contributed by atoms with Gasteiger partial charge in [0.15, 0.2) is 5.12 Å². The molecule has 17 heavy (non-hydrogen) atoms. The lowest BCUT2D eigenvalue weighted by atomic mass is 10.3. The Kier molecular flexibility index (Phi) is 4.74. The van der Waals surface area contributed by atoms with Crippen molar-refractivity contribution in [1.82, 2.24) is 4.98 Å². The Balaban J connectivity index is 2.69. The summed E-state index contributed by atoms with van der Waals surface area (Å²) in [6, 6.07) is 3.69. The first-order valence-corrected chi connectivity index (χ1v) is 5.72. The number of nitrogens with zero attached hydrogens (tertiary/aromatic N) is 1. The molecule has 0 spiro atoms. The third-order valence-corrected chi connectivity index (χ3v) is 2.50. The van der Waals surface area contributed by atoms with Crippen molar-refractivity contribution in [3.63, 3.8) is 0 Å². The fourth-order valence-electron chi connectivity index (χ4n) is 1.04. The predicted octanol–water partition coefficient (Wildman–Crippen LogP) is 3.39. The van der Waals surface area contributed by atoms with Crippen LogP contribution in [0.25, 0.3) is 6.08 Å². The molecule has 0 aromatic carbocycles. The van der Waals surface area contributed by atoms with E-state index in [0.717, 1.165) is 17.8 Å². The molecule has 0 fully saturated rings. The molecular weight excluding hydrogens is 251 g/mol. The topological polar surface area (TPSA) is 30.0 Å². The van der Waals surface area contributed by atoms with E-state index >= 15 is 0 Å². The second kappa shape index (κ2) is 5.86. The van der Waals surface area contributed by atoms with E-state index in [4.69, 9.17) is 0 Å². The maximum Gasteiger partial charge on any atom is 0.433 e. The van der Waals surface area contributed by atoms with Gasteiger partial charge < -0.3 is 0 Å². The molecule has 1 rings (SSSR count). The van der Waals surface area contributed by atoms with Crippen LogP contribution >= 0.6 is 11.8 Å². The van der Waals surface area contributed by atoms with E-state index in [0.29, 0.717) is 5.75 Å². The second-order valence-electron chi connectivity index (χ2n) is 3.15. The first-order chi connectivity index (χ1) is 7.89. The summed E-state index contributed by atoms with van der Waals surface area (Å²) in [6.07, 6.45) is -1.36. The van der Waals surface area contributed by atoms with Gasteiger partial charge in [0.2, 0.25) is 0 Å². The zero-order chi connectivity index (χ0) is 12.9. The van der Waals surface area contributed by atoms with E-state index in [1.807, 2.05) is 0 Å². The molecule has 0 bridgehead atoms. The number of carbonyl (C=O) groups excluding carboxylic acids is 1. The molecule has 0 N–H and O–H groups in total.